The van der Waals surface area contributed by atoms with Crippen molar-refractivity contribution >= 4 is 17.4 Å². The molecule has 1 aromatic heterocycles. The largest absolute Gasteiger partial charge is 0.416 e. The van der Waals surface area contributed by atoms with Crippen LogP contribution in [0.1, 0.15) is 38.2 Å². The first kappa shape index (κ1) is 14.4. The Morgan fingerprint density at radius 2 is 2.11 bits per heavy atom. The van der Waals surface area contributed by atoms with Gasteiger partial charge in [-0.25, -0.2) is 4.98 Å². The maximum Gasteiger partial charge on any atom is 0.416 e. The number of halogens is 4. The highest BCUT2D eigenvalue weighted by atomic mass is 35.5. The predicted octanol–water partition coefficient (Wildman–Crippen LogP) is 4.74. The van der Waals surface area contributed by atoms with Gasteiger partial charge >= 0.3 is 6.18 Å². The van der Waals surface area contributed by atoms with Crippen molar-refractivity contribution < 1.29 is 13.2 Å². The van der Waals surface area contributed by atoms with Gasteiger partial charge in [-0.15, -0.1) is 0 Å². The fourth-order valence-corrected chi connectivity index (χ4v) is 2.24. The van der Waals surface area contributed by atoms with Gasteiger partial charge < -0.3 is 5.32 Å². The van der Waals surface area contributed by atoms with Crippen LogP contribution in [0.4, 0.5) is 19.0 Å². The van der Waals surface area contributed by atoms with Crippen molar-refractivity contribution in [2.75, 3.05) is 5.32 Å². The highest BCUT2D eigenvalue weighted by molar-refractivity contribution is 6.29. The normalized spacial score (nSPS) is 17.3. The summed E-state index contributed by atoms with van der Waals surface area (Å²) in [6.45, 7) is 2.01. The SMILES string of the molecule is CCC(CC1CC1)Nc1cc(C(F)(F)F)cc(Cl)n1. The number of anilines is 1. The highest BCUT2D eigenvalue weighted by Crippen LogP contribution is 2.35. The van der Waals surface area contributed by atoms with E-state index in [4.69, 9.17) is 11.6 Å². The van der Waals surface area contributed by atoms with Crippen molar-refractivity contribution in [1.82, 2.24) is 4.98 Å². The van der Waals surface area contributed by atoms with Crippen molar-refractivity contribution in [3.8, 4) is 0 Å². The summed E-state index contributed by atoms with van der Waals surface area (Å²) in [4.78, 5) is 3.92. The van der Waals surface area contributed by atoms with Crippen LogP contribution in [-0.2, 0) is 6.18 Å². The minimum atomic E-state index is -4.40. The summed E-state index contributed by atoms with van der Waals surface area (Å²) in [7, 11) is 0. The Morgan fingerprint density at radius 1 is 1.42 bits per heavy atom. The minimum absolute atomic E-state index is 0.140. The molecule has 0 aliphatic heterocycles. The van der Waals surface area contributed by atoms with E-state index in [1.54, 1.807) is 0 Å². The van der Waals surface area contributed by atoms with Gasteiger partial charge in [-0.3, -0.25) is 0 Å². The van der Waals surface area contributed by atoms with Crippen LogP contribution in [0.25, 0.3) is 0 Å². The predicted molar refractivity (Wildman–Crippen MR) is 69.3 cm³/mol. The van der Waals surface area contributed by atoms with Crippen molar-refractivity contribution in [2.24, 2.45) is 5.92 Å². The third-order valence-electron chi connectivity index (χ3n) is 3.28. The average Bonchev–Trinajstić information content (AvgIpc) is 3.10. The lowest BCUT2D eigenvalue weighted by Crippen LogP contribution is -2.20. The van der Waals surface area contributed by atoms with Crippen molar-refractivity contribution in [3.63, 3.8) is 0 Å². The van der Waals surface area contributed by atoms with Gasteiger partial charge in [0, 0.05) is 6.04 Å². The highest BCUT2D eigenvalue weighted by Gasteiger charge is 2.32. The van der Waals surface area contributed by atoms with Crippen LogP contribution >= 0.6 is 11.6 Å². The number of nitrogens with zero attached hydrogens (tertiary/aromatic N) is 1. The molecule has 1 fully saturated rings. The fraction of sp³-hybridized carbons (Fsp3) is 0.615. The second kappa shape index (κ2) is 5.57. The molecule has 6 heteroatoms. The number of alkyl halides is 3. The molecule has 1 aromatic rings. The molecule has 19 heavy (non-hydrogen) atoms. The van der Waals surface area contributed by atoms with Crippen LogP contribution in [-0.4, -0.2) is 11.0 Å². The van der Waals surface area contributed by atoms with Crippen LogP contribution < -0.4 is 5.32 Å². The molecule has 0 aromatic carbocycles. The molecule has 1 heterocycles. The summed E-state index contributed by atoms with van der Waals surface area (Å²) >= 11 is 5.65. The minimum Gasteiger partial charge on any atom is -0.367 e. The molecule has 0 amide bonds. The Balaban J connectivity index is 2.11. The molecule has 1 saturated carbocycles. The average molecular weight is 293 g/mol. The van der Waals surface area contributed by atoms with Gasteiger partial charge in [0.25, 0.3) is 0 Å². The molecule has 0 spiro atoms. The Morgan fingerprint density at radius 3 is 2.63 bits per heavy atom. The molecule has 2 nitrogen and oxygen atoms in total. The third kappa shape index (κ3) is 4.27. The molecule has 1 unspecified atom stereocenters. The standard InChI is InChI=1S/C13H16ClF3N2/c1-2-10(5-8-3-4-8)18-12-7-9(13(15,16)17)6-11(14)19-12/h6-8,10H,2-5H2,1H3,(H,18,19). The van der Waals surface area contributed by atoms with Gasteiger partial charge in [-0.05, 0) is 30.9 Å². The summed E-state index contributed by atoms with van der Waals surface area (Å²) in [6, 6.07) is 2.01. The van der Waals surface area contributed by atoms with Crippen LogP contribution in [0.3, 0.4) is 0 Å². The van der Waals surface area contributed by atoms with E-state index in [0.29, 0.717) is 5.92 Å². The number of hydrogen-bond acceptors (Lipinski definition) is 2. The molecule has 1 N–H and O–H groups in total. The number of rotatable bonds is 5. The molecule has 1 aliphatic rings. The van der Waals surface area contributed by atoms with Crippen LogP contribution in [0, 0.1) is 5.92 Å². The van der Waals surface area contributed by atoms with Gasteiger partial charge in [0.1, 0.15) is 11.0 Å². The Labute approximate surface area is 115 Å². The molecular formula is C13H16ClF3N2. The molecule has 0 saturated heterocycles. The van der Waals surface area contributed by atoms with Crippen molar-refractivity contribution in [3.05, 3.63) is 22.8 Å². The van der Waals surface area contributed by atoms with Gasteiger partial charge in [0.2, 0.25) is 0 Å². The number of aromatic nitrogens is 1. The van der Waals surface area contributed by atoms with Crippen LogP contribution in [0.5, 0.6) is 0 Å². The zero-order valence-electron chi connectivity index (χ0n) is 10.6. The lowest BCUT2D eigenvalue weighted by Gasteiger charge is -2.18. The van der Waals surface area contributed by atoms with Gasteiger partial charge in [-0.2, -0.15) is 13.2 Å². The smallest absolute Gasteiger partial charge is 0.367 e. The monoisotopic (exact) mass is 292 g/mol. The number of nitrogens with one attached hydrogen (secondary N) is 1. The molecule has 1 atom stereocenters. The first-order chi connectivity index (χ1) is 8.88. The van der Waals surface area contributed by atoms with Crippen molar-refractivity contribution in [1.29, 1.82) is 0 Å². The van der Waals surface area contributed by atoms with E-state index in [1.807, 2.05) is 6.92 Å². The second-order valence-corrected chi connectivity index (χ2v) is 5.38. The number of pyridine rings is 1. The van der Waals surface area contributed by atoms with Crippen LogP contribution in [0.2, 0.25) is 5.15 Å². The maximum absolute atomic E-state index is 12.7. The molecule has 106 valence electrons. The number of hydrogen-bond donors (Lipinski definition) is 1. The second-order valence-electron chi connectivity index (χ2n) is 4.99. The topological polar surface area (TPSA) is 24.9 Å². The molecule has 2 rings (SSSR count). The van der Waals surface area contributed by atoms with Gasteiger partial charge in [0.05, 0.1) is 5.56 Å². The van der Waals surface area contributed by atoms with E-state index < -0.39 is 11.7 Å². The van der Waals surface area contributed by atoms with E-state index in [9.17, 15) is 13.2 Å². The molecule has 1 aliphatic carbocycles. The zero-order valence-corrected chi connectivity index (χ0v) is 11.4. The van der Waals surface area contributed by atoms with E-state index in [0.717, 1.165) is 25.0 Å². The van der Waals surface area contributed by atoms with Gasteiger partial charge in [-0.1, -0.05) is 31.4 Å². The summed E-state index contributed by atoms with van der Waals surface area (Å²) in [5, 5.41) is 2.92. The quantitative estimate of drug-likeness (QED) is 0.793. The van der Waals surface area contributed by atoms with E-state index in [1.165, 1.54) is 12.8 Å². The Hall–Kier alpha value is -0.970. The van der Waals surface area contributed by atoms with Crippen molar-refractivity contribution in [2.45, 2.75) is 44.8 Å². The molecule has 0 bridgehead atoms. The summed E-state index contributed by atoms with van der Waals surface area (Å²) < 4.78 is 38.0. The van der Waals surface area contributed by atoms with Gasteiger partial charge in [0.15, 0.2) is 0 Å². The third-order valence-corrected chi connectivity index (χ3v) is 3.47. The van der Waals surface area contributed by atoms with Crippen LogP contribution in [0.15, 0.2) is 12.1 Å². The lowest BCUT2D eigenvalue weighted by molar-refractivity contribution is -0.137. The summed E-state index contributed by atoms with van der Waals surface area (Å²) in [5.41, 5.74) is -0.767. The fourth-order valence-electron chi connectivity index (χ4n) is 2.03. The summed E-state index contributed by atoms with van der Waals surface area (Å²) in [5.74, 6) is 0.908. The summed E-state index contributed by atoms with van der Waals surface area (Å²) in [6.07, 6.45) is -0.136. The maximum atomic E-state index is 12.7. The Bertz CT molecular complexity index is 444. The van der Waals surface area contributed by atoms with E-state index in [2.05, 4.69) is 10.3 Å². The molecule has 0 radical (unpaired) electrons. The zero-order chi connectivity index (χ0) is 14.0. The molecular weight excluding hydrogens is 277 g/mol. The first-order valence-corrected chi connectivity index (χ1v) is 6.77. The van der Waals surface area contributed by atoms with E-state index in [-0.39, 0.29) is 17.0 Å². The lowest BCUT2D eigenvalue weighted by atomic mass is 10.1. The Kier molecular flexibility index (Phi) is 4.23. The first-order valence-electron chi connectivity index (χ1n) is 6.39. The van der Waals surface area contributed by atoms with E-state index >= 15 is 0 Å².